The van der Waals surface area contributed by atoms with E-state index in [1.54, 1.807) is 6.20 Å². The Hall–Kier alpha value is -2.48. The smallest absolute Gasteiger partial charge is 0.191 e. The molecule has 21 heavy (non-hydrogen) atoms. The predicted molar refractivity (Wildman–Crippen MR) is 76.1 cm³/mol. The molecule has 0 spiro atoms. The van der Waals surface area contributed by atoms with E-state index in [2.05, 4.69) is 15.1 Å². The van der Waals surface area contributed by atoms with Crippen molar-refractivity contribution in [2.45, 2.75) is 9.92 Å². The summed E-state index contributed by atoms with van der Waals surface area (Å²) in [5.41, 5.74) is 5.93. The van der Waals surface area contributed by atoms with Gasteiger partial charge in [-0.2, -0.15) is 0 Å². The van der Waals surface area contributed by atoms with E-state index in [0.717, 1.165) is 10.6 Å². The summed E-state index contributed by atoms with van der Waals surface area (Å²) in [6.45, 7) is 1.08. The molecule has 2 aromatic rings. The van der Waals surface area contributed by atoms with Gasteiger partial charge < -0.3 is 20.4 Å². The third kappa shape index (κ3) is 2.84. The van der Waals surface area contributed by atoms with Crippen LogP contribution in [0.4, 0.5) is 0 Å². The van der Waals surface area contributed by atoms with E-state index < -0.39 is 0 Å². The zero-order chi connectivity index (χ0) is 14.7. The Morgan fingerprint density at radius 3 is 2.76 bits per heavy atom. The van der Waals surface area contributed by atoms with Gasteiger partial charge in [0.15, 0.2) is 17.3 Å². The van der Waals surface area contributed by atoms with Gasteiger partial charge in [-0.3, -0.25) is 0 Å². The Bertz CT molecular complexity index is 693. The van der Waals surface area contributed by atoms with Crippen LogP contribution in [0, 0.1) is 0 Å². The molecule has 7 nitrogen and oxygen atoms in total. The zero-order valence-corrected chi connectivity index (χ0v) is 11.7. The highest BCUT2D eigenvalue weighted by atomic mass is 32.2. The van der Waals surface area contributed by atoms with Gasteiger partial charge in [-0.1, -0.05) is 16.9 Å². The summed E-state index contributed by atoms with van der Waals surface area (Å²) < 4.78 is 11.0. The average molecular weight is 304 g/mol. The van der Waals surface area contributed by atoms with Crippen molar-refractivity contribution < 1.29 is 14.7 Å². The van der Waals surface area contributed by atoms with Gasteiger partial charge in [0, 0.05) is 17.3 Å². The first kappa shape index (κ1) is 13.5. The van der Waals surface area contributed by atoms with Crippen molar-refractivity contribution in [3.05, 3.63) is 36.3 Å². The van der Waals surface area contributed by atoms with E-state index in [4.69, 9.17) is 20.4 Å². The summed E-state index contributed by atoms with van der Waals surface area (Å²) in [5, 5.41) is 12.3. The molecule has 1 aromatic carbocycles. The van der Waals surface area contributed by atoms with E-state index in [1.165, 1.54) is 18.0 Å². The molecule has 3 rings (SSSR count). The first-order valence-electron chi connectivity index (χ1n) is 6.14. The molecular formula is C13H12N4O3S. The number of nitrogens with two attached hydrogens (primary N) is 1. The Morgan fingerprint density at radius 2 is 1.95 bits per heavy atom. The maximum Gasteiger partial charge on any atom is 0.191 e. The standard InChI is InChI=1S/C13H12N4O3S/c14-12(17-18)11-13(16-4-3-15-11)21-8-1-2-9-10(7-8)20-6-5-19-9/h1-4,7,18H,5-6H2,(H2,14,17). The van der Waals surface area contributed by atoms with Gasteiger partial charge in [-0.15, -0.1) is 0 Å². The molecule has 108 valence electrons. The summed E-state index contributed by atoms with van der Waals surface area (Å²) in [6, 6.07) is 5.60. The Labute approximate surface area is 124 Å². The highest BCUT2D eigenvalue weighted by Crippen LogP contribution is 2.36. The van der Waals surface area contributed by atoms with E-state index >= 15 is 0 Å². The molecule has 0 unspecified atom stereocenters. The van der Waals surface area contributed by atoms with Crippen LogP contribution < -0.4 is 15.2 Å². The van der Waals surface area contributed by atoms with Crippen LogP contribution in [-0.2, 0) is 0 Å². The van der Waals surface area contributed by atoms with Gasteiger partial charge >= 0.3 is 0 Å². The molecule has 1 aliphatic heterocycles. The van der Waals surface area contributed by atoms with Crippen LogP contribution in [0.25, 0.3) is 0 Å². The minimum atomic E-state index is -0.0804. The molecule has 0 saturated heterocycles. The second kappa shape index (κ2) is 5.88. The molecule has 2 heterocycles. The quantitative estimate of drug-likeness (QED) is 0.383. The fraction of sp³-hybridized carbons (Fsp3) is 0.154. The van der Waals surface area contributed by atoms with Crippen molar-refractivity contribution in [2.75, 3.05) is 13.2 Å². The number of hydrogen-bond acceptors (Lipinski definition) is 7. The van der Waals surface area contributed by atoms with Crippen LogP contribution in [0.2, 0.25) is 0 Å². The normalized spacial score (nSPS) is 14.0. The van der Waals surface area contributed by atoms with Crippen LogP contribution >= 0.6 is 11.8 Å². The highest BCUT2D eigenvalue weighted by molar-refractivity contribution is 7.99. The number of oxime groups is 1. The highest BCUT2D eigenvalue weighted by Gasteiger charge is 2.15. The SMILES string of the molecule is N/C(=N/O)c1nccnc1Sc1ccc2c(c1)OCCO2. The second-order valence-corrected chi connectivity index (χ2v) is 5.17. The first-order valence-corrected chi connectivity index (χ1v) is 6.96. The van der Waals surface area contributed by atoms with Crippen molar-refractivity contribution in [1.82, 2.24) is 9.97 Å². The molecule has 0 bridgehead atoms. The van der Waals surface area contributed by atoms with Gasteiger partial charge in [-0.25, -0.2) is 9.97 Å². The van der Waals surface area contributed by atoms with Crippen LogP contribution in [0.15, 0.2) is 45.7 Å². The van der Waals surface area contributed by atoms with Crippen molar-refractivity contribution in [1.29, 1.82) is 0 Å². The minimum absolute atomic E-state index is 0.0804. The number of rotatable bonds is 3. The monoisotopic (exact) mass is 304 g/mol. The second-order valence-electron chi connectivity index (χ2n) is 4.10. The summed E-state index contributed by atoms with van der Waals surface area (Å²) >= 11 is 1.35. The van der Waals surface area contributed by atoms with Crippen LogP contribution in [-0.4, -0.2) is 34.2 Å². The molecule has 8 heteroatoms. The van der Waals surface area contributed by atoms with Gasteiger partial charge in [0.25, 0.3) is 0 Å². The van der Waals surface area contributed by atoms with Crippen molar-refractivity contribution in [3.8, 4) is 11.5 Å². The molecule has 0 saturated carbocycles. The molecule has 0 atom stereocenters. The maximum atomic E-state index is 8.79. The van der Waals surface area contributed by atoms with E-state index in [-0.39, 0.29) is 5.84 Å². The Morgan fingerprint density at radius 1 is 1.19 bits per heavy atom. The molecular weight excluding hydrogens is 292 g/mol. The lowest BCUT2D eigenvalue weighted by Gasteiger charge is -2.18. The molecule has 0 aliphatic carbocycles. The van der Waals surface area contributed by atoms with Crippen molar-refractivity contribution in [2.24, 2.45) is 10.9 Å². The summed E-state index contributed by atoms with van der Waals surface area (Å²) in [5.74, 6) is 1.34. The van der Waals surface area contributed by atoms with Gasteiger partial charge in [0.1, 0.15) is 23.9 Å². The third-order valence-electron chi connectivity index (χ3n) is 2.74. The number of hydrogen-bond donors (Lipinski definition) is 2. The number of fused-ring (bicyclic) bond motifs is 1. The van der Waals surface area contributed by atoms with Gasteiger partial charge in [-0.05, 0) is 18.2 Å². The summed E-state index contributed by atoms with van der Waals surface area (Å²) in [4.78, 5) is 9.18. The van der Waals surface area contributed by atoms with Crippen LogP contribution in [0.3, 0.4) is 0 Å². The first-order chi connectivity index (χ1) is 10.3. The Balaban J connectivity index is 1.90. The topological polar surface area (TPSA) is 103 Å². The molecule has 0 radical (unpaired) electrons. The number of benzene rings is 1. The number of aromatic nitrogens is 2. The van der Waals surface area contributed by atoms with Gasteiger partial charge in [0.2, 0.25) is 0 Å². The molecule has 0 amide bonds. The fourth-order valence-corrected chi connectivity index (χ4v) is 2.71. The lowest BCUT2D eigenvalue weighted by atomic mass is 10.3. The van der Waals surface area contributed by atoms with Crippen LogP contribution in [0.5, 0.6) is 11.5 Å². The largest absolute Gasteiger partial charge is 0.486 e. The lowest BCUT2D eigenvalue weighted by molar-refractivity contribution is 0.171. The molecule has 1 aromatic heterocycles. The third-order valence-corrected chi connectivity index (χ3v) is 3.72. The number of ether oxygens (including phenoxy) is 2. The molecule has 1 aliphatic rings. The average Bonchev–Trinajstić information content (AvgIpc) is 2.54. The van der Waals surface area contributed by atoms with E-state index in [1.807, 2.05) is 18.2 Å². The summed E-state index contributed by atoms with van der Waals surface area (Å²) in [7, 11) is 0. The minimum Gasteiger partial charge on any atom is -0.486 e. The lowest BCUT2D eigenvalue weighted by Crippen LogP contribution is -2.16. The molecule has 0 fully saturated rings. The number of amidine groups is 1. The fourth-order valence-electron chi connectivity index (χ4n) is 1.82. The van der Waals surface area contributed by atoms with Gasteiger partial charge in [0.05, 0.1) is 0 Å². The molecule has 3 N–H and O–H groups in total. The maximum absolute atomic E-state index is 8.79. The summed E-state index contributed by atoms with van der Waals surface area (Å²) in [6.07, 6.45) is 3.04. The van der Waals surface area contributed by atoms with Crippen molar-refractivity contribution in [3.63, 3.8) is 0 Å². The van der Waals surface area contributed by atoms with E-state index in [0.29, 0.717) is 29.7 Å². The zero-order valence-electron chi connectivity index (χ0n) is 10.9. The Kier molecular flexibility index (Phi) is 3.78. The number of nitrogens with zero attached hydrogens (tertiary/aromatic N) is 3. The van der Waals surface area contributed by atoms with Crippen LogP contribution in [0.1, 0.15) is 5.69 Å². The predicted octanol–water partition coefficient (Wildman–Crippen LogP) is 1.49. The van der Waals surface area contributed by atoms with Crippen molar-refractivity contribution >= 4 is 17.6 Å². The van der Waals surface area contributed by atoms with E-state index in [9.17, 15) is 0 Å².